The zero-order valence-electron chi connectivity index (χ0n) is 6.20. The molecule has 0 aliphatic heterocycles. The highest BCUT2D eigenvalue weighted by molar-refractivity contribution is 5.81. The quantitative estimate of drug-likeness (QED) is 0.650. The van der Waals surface area contributed by atoms with Gasteiger partial charge < -0.3 is 10.3 Å². The number of fused-ring (bicyclic) bond motifs is 1. The summed E-state index contributed by atoms with van der Waals surface area (Å²) in [7, 11) is 0. The molecular formula is C9H10N2. The second-order valence-corrected chi connectivity index (χ2v) is 2.58. The fraction of sp³-hybridized carbons (Fsp3) is 0.111. The molecule has 0 aliphatic carbocycles. The SMILES string of the molecule is NCn1cc2ccccc2c1. The Morgan fingerprint density at radius 1 is 1.09 bits per heavy atom. The monoisotopic (exact) mass is 146 g/mol. The van der Waals surface area contributed by atoms with E-state index in [1.165, 1.54) is 10.8 Å². The lowest BCUT2D eigenvalue weighted by molar-refractivity contribution is 0.741. The lowest BCUT2D eigenvalue weighted by Gasteiger charge is -1.90. The molecule has 1 heterocycles. The minimum Gasteiger partial charge on any atom is -0.340 e. The molecule has 2 rings (SSSR count). The summed E-state index contributed by atoms with van der Waals surface area (Å²) in [6.07, 6.45) is 4.10. The third-order valence-electron chi connectivity index (χ3n) is 1.82. The molecule has 1 aromatic carbocycles. The molecule has 2 nitrogen and oxygen atoms in total. The number of hydrogen-bond acceptors (Lipinski definition) is 1. The Bertz CT molecular complexity index is 329. The molecule has 1 aromatic heterocycles. The average Bonchev–Trinajstić information content (AvgIpc) is 2.46. The van der Waals surface area contributed by atoms with Crippen LogP contribution in [0.25, 0.3) is 10.8 Å². The van der Waals surface area contributed by atoms with Crippen LogP contribution < -0.4 is 5.73 Å². The Morgan fingerprint density at radius 3 is 2.09 bits per heavy atom. The first-order valence-corrected chi connectivity index (χ1v) is 3.65. The highest BCUT2D eigenvalue weighted by atomic mass is 15.0. The van der Waals surface area contributed by atoms with Gasteiger partial charge in [-0.2, -0.15) is 0 Å². The summed E-state index contributed by atoms with van der Waals surface area (Å²) in [5.41, 5.74) is 5.48. The van der Waals surface area contributed by atoms with Crippen molar-refractivity contribution in [2.24, 2.45) is 5.73 Å². The molecule has 0 bridgehead atoms. The van der Waals surface area contributed by atoms with Gasteiger partial charge in [-0.25, -0.2) is 0 Å². The zero-order chi connectivity index (χ0) is 7.68. The maximum absolute atomic E-state index is 5.48. The summed E-state index contributed by atoms with van der Waals surface area (Å²) >= 11 is 0. The van der Waals surface area contributed by atoms with Gasteiger partial charge in [0.2, 0.25) is 0 Å². The van der Waals surface area contributed by atoms with Crippen LogP contribution in [0.2, 0.25) is 0 Å². The highest BCUT2D eigenvalue weighted by Crippen LogP contribution is 2.13. The Kier molecular flexibility index (Phi) is 1.40. The molecule has 2 aromatic rings. The van der Waals surface area contributed by atoms with Gasteiger partial charge in [-0.15, -0.1) is 0 Å². The maximum atomic E-state index is 5.48. The van der Waals surface area contributed by atoms with Gasteiger partial charge >= 0.3 is 0 Å². The largest absolute Gasteiger partial charge is 0.340 e. The molecule has 56 valence electrons. The summed E-state index contributed by atoms with van der Waals surface area (Å²) in [4.78, 5) is 0. The van der Waals surface area contributed by atoms with Gasteiger partial charge in [0.25, 0.3) is 0 Å². The number of nitrogens with zero attached hydrogens (tertiary/aromatic N) is 1. The molecular weight excluding hydrogens is 136 g/mol. The number of nitrogens with two attached hydrogens (primary N) is 1. The van der Waals surface area contributed by atoms with Crippen molar-refractivity contribution in [3.05, 3.63) is 36.7 Å². The third-order valence-corrected chi connectivity index (χ3v) is 1.82. The number of aromatic nitrogens is 1. The van der Waals surface area contributed by atoms with Crippen molar-refractivity contribution in [3.8, 4) is 0 Å². The van der Waals surface area contributed by atoms with E-state index in [-0.39, 0.29) is 0 Å². The highest BCUT2D eigenvalue weighted by Gasteiger charge is 1.93. The van der Waals surface area contributed by atoms with E-state index < -0.39 is 0 Å². The first kappa shape index (κ1) is 6.43. The predicted molar refractivity (Wildman–Crippen MR) is 46.1 cm³/mol. The second-order valence-electron chi connectivity index (χ2n) is 2.58. The Morgan fingerprint density at radius 2 is 1.64 bits per heavy atom. The molecule has 0 radical (unpaired) electrons. The second kappa shape index (κ2) is 2.40. The molecule has 0 aliphatic rings. The lowest BCUT2D eigenvalue weighted by Crippen LogP contribution is -2.03. The standard InChI is InChI=1S/C9H10N2/c10-7-11-5-8-3-1-2-4-9(8)6-11/h1-6H,7,10H2. The van der Waals surface area contributed by atoms with Crippen LogP contribution in [-0.4, -0.2) is 4.57 Å². The number of rotatable bonds is 1. The maximum Gasteiger partial charge on any atom is 0.0695 e. The van der Waals surface area contributed by atoms with Crippen molar-refractivity contribution in [2.75, 3.05) is 0 Å². The summed E-state index contributed by atoms with van der Waals surface area (Å²) in [5.74, 6) is 0. The molecule has 0 fully saturated rings. The third kappa shape index (κ3) is 1.01. The van der Waals surface area contributed by atoms with Crippen molar-refractivity contribution in [1.29, 1.82) is 0 Å². The number of hydrogen-bond donors (Lipinski definition) is 1. The smallest absolute Gasteiger partial charge is 0.0695 e. The van der Waals surface area contributed by atoms with Crippen molar-refractivity contribution >= 4 is 10.8 Å². The fourth-order valence-electron chi connectivity index (χ4n) is 1.25. The Balaban J connectivity index is 2.69. The van der Waals surface area contributed by atoms with Crippen LogP contribution in [0.1, 0.15) is 0 Å². The van der Waals surface area contributed by atoms with Crippen molar-refractivity contribution in [3.63, 3.8) is 0 Å². The lowest BCUT2D eigenvalue weighted by atomic mass is 10.2. The van der Waals surface area contributed by atoms with E-state index in [4.69, 9.17) is 5.73 Å². The molecule has 0 amide bonds. The number of benzene rings is 1. The van der Waals surface area contributed by atoms with E-state index in [1.807, 2.05) is 16.7 Å². The molecule has 0 saturated heterocycles. The summed E-state index contributed by atoms with van der Waals surface area (Å²) in [5, 5.41) is 2.50. The minimum absolute atomic E-state index is 0.550. The van der Waals surface area contributed by atoms with Gasteiger partial charge in [0, 0.05) is 12.4 Å². The molecule has 11 heavy (non-hydrogen) atoms. The molecule has 0 unspecified atom stereocenters. The average molecular weight is 146 g/mol. The zero-order valence-corrected chi connectivity index (χ0v) is 6.20. The summed E-state index contributed by atoms with van der Waals surface area (Å²) in [6.45, 7) is 0.550. The molecule has 0 spiro atoms. The van der Waals surface area contributed by atoms with Crippen LogP contribution in [0.15, 0.2) is 36.7 Å². The van der Waals surface area contributed by atoms with Gasteiger partial charge in [0.15, 0.2) is 0 Å². The summed E-state index contributed by atoms with van der Waals surface area (Å²) in [6, 6.07) is 8.23. The van der Waals surface area contributed by atoms with E-state index in [1.54, 1.807) is 0 Å². The van der Waals surface area contributed by atoms with Crippen LogP contribution in [0.3, 0.4) is 0 Å². The van der Waals surface area contributed by atoms with Crippen molar-refractivity contribution < 1.29 is 0 Å². The van der Waals surface area contributed by atoms with Crippen LogP contribution in [0.4, 0.5) is 0 Å². The van der Waals surface area contributed by atoms with Gasteiger partial charge in [-0.05, 0) is 10.8 Å². The van der Waals surface area contributed by atoms with Gasteiger partial charge in [0.05, 0.1) is 6.67 Å². The van der Waals surface area contributed by atoms with Gasteiger partial charge in [-0.1, -0.05) is 24.3 Å². The first-order chi connectivity index (χ1) is 5.40. The Labute approximate surface area is 65.2 Å². The van der Waals surface area contributed by atoms with Crippen molar-refractivity contribution in [2.45, 2.75) is 6.67 Å². The molecule has 0 atom stereocenters. The van der Waals surface area contributed by atoms with E-state index >= 15 is 0 Å². The van der Waals surface area contributed by atoms with Crippen molar-refractivity contribution in [1.82, 2.24) is 4.57 Å². The van der Waals surface area contributed by atoms with Crippen LogP contribution >= 0.6 is 0 Å². The summed E-state index contributed by atoms with van der Waals surface area (Å²) < 4.78 is 1.98. The van der Waals surface area contributed by atoms with E-state index in [2.05, 4.69) is 24.5 Å². The molecule has 2 N–H and O–H groups in total. The topological polar surface area (TPSA) is 30.9 Å². The van der Waals surface area contributed by atoms with Crippen LogP contribution in [-0.2, 0) is 6.67 Å². The van der Waals surface area contributed by atoms with E-state index in [0.29, 0.717) is 6.67 Å². The Hall–Kier alpha value is -1.28. The minimum atomic E-state index is 0.550. The van der Waals surface area contributed by atoms with Gasteiger partial charge in [-0.3, -0.25) is 0 Å². The predicted octanol–water partition coefficient (Wildman–Crippen LogP) is 1.56. The first-order valence-electron chi connectivity index (χ1n) is 3.65. The van der Waals surface area contributed by atoms with E-state index in [9.17, 15) is 0 Å². The fourth-order valence-corrected chi connectivity index (χ4v) is 1.25. The molecule has 2 heteroatoms. The molecule has 0 saturated carbocycles. The van der Waals surface area contributed by atoms with Crippen LogP contribution in [0, 0.1) is 0 Å². The van der Waals surface area contributed by atoms with E-state index in [0.717, 1.165) is 0 Å². The normalized spacial score (nSPS) is 10.6. The van der Waals surface area contributed by atoms with Crippen LogP contribution in [0.5, 0.6) is 0 Å². The van der Waals surface area contributed by atoms with Gasteiger partial charge in [0.1, 0.15) is 0 Å².